The normalized spacial score (nSPS) is 25.3. The Bertz CT molecular complexity index is 642. The highest BCUT2D eigenvalue weighted by molar-refractivity contribution is 6.62. The minimum absolute atomic E-state index is 0.214. The molecule has 0 aromatic heterocycles. The molecular weight excluding hydrogens is 308 g/mol. The largest absolute Gasteiger partial charge is 0.495 e. The zero-order valence-corrected chi connectivity index (χ0v) is 12.7. The third kappa shape index (κ3) is 3.09. The molecule has 0 unspecified atom stereocenters. The van der Waals surface area contributed by atoms with Gasteiger partial charge in [-0.3, -0.25) is 0 Å². The van der Waals surface area contributed by atoms with Crippen molar-refractivity contribution < 1.29 is 27.2 Å². The Balaban J connectivity index is 1.89. The van der Waals surface area contributed by atoms with Crippen LogP contribution < -0.4 is 5.46 Å². The molecule has 0 bridgehead atoms. The summed E-state index contributed by atoms with van der Waals surface area (Å²) in [5, 5.41) is 0. The predicted molar refractivity (Wildman–Crippen MR) is 80.3 cm³/mol. The lowest BCUT2D eigenvalue weighted by molar-refractivity contribution is -0.104. The van der Waals surface area contributed by atoms with Crippen molar-refractivity contribution in [3.8, 4) is 0 Å². The summed E-state index contributed by atoms with van der Waals surface area (Å²) < 4.78 is 56.0. The van der Waals surface area contributed by atoms with Gasteiger partial charge in [-0.05, 0) is 17.9 Å². The van der Waals surface area contributed by atoms with Gasteiger partial charge in [0.25, 0.3) is 0 Å². The number of hydrogen-bond acceptors (Lipinski definition) is 3. The van der Waals surface area contributed by atoms with Crippen LogP contribution >= 0.6 is 0 Å². The highest BCUT2D eigenvalue weighted by Gasteiger charge is 2.50. The SMILES string of the molecule is CO[C@H](C)c1ccccc1B1O[C@H]2C=CC=C(C(F)(F)F)[C@H]2O1. The van der Waals surface area contributed by atoms with Crippen LogP contribution in [-0.2, 0) is 14.0 Å². The summed E-state index contributed by atoms with van der Waals surface area (Å²) in [6.45, 7) is 1.86. The maximum absolute atomic E-state index is 13.1. The number of rotatable bonds is 3. The van der Waals surface area contributed by atoms with Crippen LogP contribution in [0, 0.1) is 0 Å². The third-order valence-corrected chi connectivity index (χ3v) is 4.10. The van der Waals surface area contributed by atoms with E-state index in [1.165, 1.54) is 6.08 Å². The maximum Gasteiger partial charge on any atom is 0.495 e. The number of ether oxygens (including phenoxy) is 1. The summed E-state index contributed by atoms with van der Waals surface area (Å²) in [5.41, 5.74) is 0.802. The van der Waals surface area contributed by atoms with Crippen LogP contribution in [0.25, 0.3) is 0 Å². The van der Waals surface area contributed by atoms with E-state index in [2.05, 4.69) is 0 Å². The second-order valence-corrected chi connectivity index (χ2v) is 5.50. The van der Waals surface area contributed by atoms with Crippen LogP contribution in [0.15, 0.2) is 48.1 Å². The number of benzene rings is 1. The first-order valence-electron chi connectivity index (χ1n) is 7.30. The summed E-state index contributed by atoms with van der Waals surface area (Å²) in [7, 11) is 0.720. The molecule has 0 saturated carbocycles. The summed E-state index contributed by atoms with van der Waals surface area (Å²) in [6.07, 6.45) is -2.55. The predicted octanol–water partition coefficient (Wildman–Crippen LogP) is 2.93. The van der Waals surface area contributed by atoms with Crippen LogP contribution in [0.3, 0.4) is 0 Å². The second kappa shape index (κ2) is 6.15. The van der Waals surface area contributed by atoms with Gasteiger partial charge >= 0.3 is 13.3 Å². The molecule has 1 aliphatic heterocycles. The van der Waals surface area contributed by atoms with Gasteiger partial charge in [-0.25, -0.2) is 0 Å². The molecular formula is C16H16BF3O3. The Morgan fingerprint density at radius 1 is 1.22 bits per heavy atom. The van der Waals surface area contributed by atoms with Crippen molar-refractivity contribution in [2.45, 2.75) is 31.4 Å². The van der Waals surface area contributed by atoms with E-state index in [1.807, 2.05) is 19.1 Å². The molecule has 0 spiro atoms. The lowest BCUT2D eigenvalue weighted by atomic mass is 9.75. The molecule has 23 heavy (non-hydrogen) atoms. The Morgan fingerprint density at radius 2 is 1.96 bits per heavy atom. The fraction of sp³-hybridized carbons (Fsp3) is 0.375. The average molecular weight is 324 g/mol. The van der Waals surface area contributed by atoms with Gasteiger partial charge in [0.05, 0.1) is 17.8 Å². The van der Waals surface area contributed by atoms with E-state index in [1.54, 1.807) is 25.3 Å². The molecule has 1 fully saturated rings. The molecule has 122 valence electrons. The van der Waals surface area contributed by atoms with Crippen molar-refractivity contribution in [3.63, 3.8) is 0 Å². The van der Waals surface area contributed by atoms with Crippen LogP contribution in [-0.4, -0.2) is 32.6 Å². The molecule has 1 saturated heterocycles. The van der Waals surface area contributed by atoms with Crippen molar-refractivity contribution in [2.24, 2.45) is 0 Å². The number of halogens is 3. The molecule has 3 nitrogen and oxygen atoms in total. The van der Waals surface area contributed by atoms with Crippen LogP contribution in [0.1, 0.15) is 18.6 Å². The molecule has 0 amide bonds. The van der Waals surface area contributed by atoms with Gasteiger partial charge in [0, 0.05) is 7.11 Å². The fourth-order valence-electron chi connectivity index (χ4n) is 2.84. The van der Waals surface area contributed by atoms with E-state index in [0.29, 0.717) is 5.46 Å². The lowest BCUT2D eigenvalue weighted by Gasteiger charge is -2.23. The molecule has 0 N–H and O–H groups in total. The monoisotopic (exact) mass is 324 g/mol. The van der Waals surface area contributed by atoms with Crippen molar-refractivity contribution in [1.82, 2.24) is 0 Å². The first kappa shape index (κ1) is 16.3. The Labute approximate surface area is 132 Å². The molecule has 3 rings (SSSR count). The topological polar surface area (TPSA) is 27.7 Å². The molecule has 1 aromatic rings. The summed E-state index contributed by atoms with van der Waals surface area (Å²) >= 11 is 0. The zero-order valence-electron chi connectivity index (χ0n) is 12.7. The molecule has 2 aliphatic rings. The van der Waals surface area contributed by atoms with Crippen molar-refractivity contribution >= 4 is 12.6 Å². The van der Waals surface area contributed by atoms with E-state index in [4.69, 9.17) is 14.0 Å². The van der Waals surface area contributed by atoms with Gasteiger partial charge in [-0.2, -0.15) is 13.2 Å². The molecule has 1 aliphatic carbocycles. The number of allylic oxidation sites excluding steroid dienone is 2. The van der Waals surface area contributed by atoms with Crippen LogP contribution in [0.5, 0.6) is 0 Å². The van der Waals surface area contributed by atoms with Gasteiger partial charge in [0.1, 0.15) is 6.10 Å². The van der Waals surface area contributed by atoms with E-state index < -0.39 is 31.1 Å². The molecule has 0 radical (unpaired) electrons. The average Bonchev–Trinajstić information content (AvgIpc) is 2.96. The molecule has 1 aromatic carbocycles. The first-order valence-corrected chi connectivity index (χ1v) is 7.30. The smallest absolute Gasteiger partial charge is 0.398 e. The molecule has 3 atom stereocenters. The van der Waals surface area contributed by atoms with Gasteiger partial charge < -0.3 is 14.0 Å². The molecule has 1 heterocycles. The van der Waals surface area contributed by atoms with Crippen LogP contribution in [0.4, 0.5) is 13.2 Å². The van der Waals surface area contributed by atoms with Gasteiger partial charge in [0.2, 0.25) is 0 Å². The van der Waals surface area contributed by atoms with E-state index in [9.17, 15) is 13.2 Å². The van der Waals surface area contributed by atoms with E-state index >= 15 is 0 Å². The van der Waals surface area contributed by atoms with E-state index in [-0.39, 0.29) is 6.10 Å². The number of fused-ring (bicyclic) bond motifs is 1. The highest BCUT2D eigenvalue weighted by atomic mass is 19.4. The van der Waals surface area contributed by atoms with E-state index in [0.717, 1.165) is 11.6 Å². The summed E-state index contributed by atoms with van der Waals surface area (Å²) in [6, 6.07) is 7.28. The van der Waals surface area contributed by atoms with Crippen molar-refractivity contribution in [3.05, 3.63) is 53.6 Å². The van der Waals surface area contributed by atoms with Crippen molar-refractivity contribution in [2.75, 3.05) is 7.11 Å². The van der Waals surface area contributed by atoms with Gasteiger partial charge in [-0.15, -0.1) is 0 Å². The fourth-order valence-corrected chi connectivity index (χ4v) is 2.84. The Kier molecular flexibility index (Phi) is 4.36. The second-order valence-electron chi connectivity index (χ2n) is 5.50. The van der Waals surface area contributed by atoms with Crippen LogP contribution in [0.2, 0.25) is 0 Å². The van der Waals surface area contributed by atoms with Crippen molar-refractivity contribution in [1.29, 1.82) is 0 Å². The standard InChI is InChI=1S/C16H16BF3O3/c1-10(21-2)11-6-3-4-8-13(11)17-22-14-9-5-7-12(15(14)23-17)16(18,19)20/h3-10,14-15H,1-2H3/t10-,14+,15-/m1/s1. The Hall–Kier alpha value is -1.57. The summed E-state index contributed by atoms with van der Waals surface area (Å²) in [4.78, 5) is 0. The third-order valence-electron chi connectivity index (χ3n) is 4.10. The lowest BCUT2D eigenvalue weighted by Crippen LogP contribution is -2.37. The summed E-state index contributed by atoms with van der Waals surface area (Å²) in [5.74, 6) is 0. The zero-order chi connectivity index (χ0) is 16.6. The van der Waals surface area contributed by atoms with Gasteiger partial charge in [0.15, 0.2) is 0 Å². The van der Waals surface area contributed by atoms with Gasteiger partial charge in [-0.1, -0.05) is 42.5 Å². The minimum atomic E-state index is -4.44. The maximum atomic E-state index is 13.1. The molecule has 7 heteroatoms. The quantitative estimate of drug-likeness (QED) is 0.800. The first-order chi connectivity index (χ1) is 10.9. The number of alkyl halides is 3. The Morgan fingerprint density at radius 3 is 2.65 bits per heavy atom. The highest BCUT2D eigenvalue weighted by Crippen LogP contribution is 2.37. The number of hydrogen-bond donors (Lipinski definition) is 0. The minimum Gasteiger partial charge on any atom is -0.398 e. The number of methoxy groups -OCH3 is 1.